The van der Waals surface area contributed by atoms with E-state index in [0.717, 1.165) is 22.9 Å². The Labute approximate surface area is 102 Å². The van der Waals surface area contributed by atoms with Crippen LogP contribution < -0.4 is 10.1 Å². The molecule has 1 atom stereocenters. The summed E-state index contributed by atoms with van der Waals surface area (Å²) in [5, 5.41) is 3.81. The maximum absolute atomic E-state index is 5.94. The molecule has 0 heterocycles. The first-order valence-corrected chi connectivity index (χ1v) is 5.63. The third kappa shape index (κ3) is 4.00. The van der Waals surface area contributed by atoms with Gasteiger partial charge in [0.15, 0.2) is 0 Å². The summed E-state index contributed by atoms with van der Waals surface area (Å²) in [6.07, 6.45) is 0.0294. The molecule has 16 heavy (non-hydrogen) atoms. The van der Waals surface area contributed by atoms with Crippen molar-refractivity contribution in [3.05, 3.63) is 28.8 Å². The first-order chi connectivity index (χ1) is 7.67. The number of hydrogen-bond acceptors (Lipinski definition) is 3. The third-order valence-corrected chi connectivity index (χ3v) is 2.35. The van der Waals surface area contributed by atoms with Gasteiger partial charge in [0, 0.05) is 24.2 Å². The second kappa shape index (κ2) is 6.74. The van der Waals surface area contributed by atoms with E-state index in [1.54, 1.807) is 7.11 Å². The lowest BCUT2D eigenvalue weighted by atomic mass is 10.2. The molecule has 0 bridgehead atoms. The summed E-state index contributed by atoms with van der Waals surface area (Å²) in [5.41, 5.74) is 1.05. The molecule has 1 rings (SSSR count). The molecule has 0 spiro atoms. The molecule has 0 aliphatic heterocycles. The minimum absolute atomic E-state index is 0.0294. The van der Waals surface area contributed by atoms with Gasteiger partial charge in [0.05, 0.1) is 6.61 Å². The SMILES string of the molecule is CNCc1cc(Cl)ccc1OC(C)COC. The predicted molar refractivity (Wildman–Crippen MR) is 66.2 cm³/mol. The van der Waals surface area contributed by atoms with E-state index in [1.807, 2.05) is 32.2 Å². The Bertz CT molecular complexity index is 331. The van der Waals surface area contributed by atoms with Crippen molar-refractivity contribution < 1.29 is 9.47 Å². The Kier molecular flexibility index (Phi) is 5.60. The summed E-state index contributed by atoms with van der Waals surface area (Å²) in [7, 11) is 3.56. The van der Waals surface area contributed by atoms with E-state index >= 15 is 0 Å². The van der Waals surface area contributed by atoms with Gasteiger partial charge in [0.1, 0.15) is 11.9 Å². The number of halogens is 1. The van der Waals surface area contributed by atoms with Crippen LogP contribution >= 0.6 is 11.6 Å². The standard InChI is InChI=1S/C12H18ClNO2/c1-9(8-15-3)16-12-5-4-11(13)6-10(12)7-14-2/h4-6,9,14H,7-8H2,1-3H3. The number of rotatable bonds is 6. The van der Waals surface area contributed by atoms with Gasteiger partial charge in [-0.1, -0.05) is 11.6 Å². The van der Waals surface area contributed by atoms with Gasteiger partial charge >= 0.3 is 0 Å². The van der Waals surface area contributed by atoms with Crippen LogP contribution in [-0.4, -0.2) is 26.9 Å². The molecule has 1 N–H and O–H groups in total. The van der Waals surface area contributed by atoms with E-state index in [2.05, 4.69) is 5.32 Å². The lowest BCUT2D eigenvalue weighted by molar-refractivity contribution is 0.0913. The molecule has 0 aromatic heterocycles. The summed E-state index contributed by atoms with van der Waals surface area (Å²) in [5.74, 6) is 0.850. The topological polar surface area (TPSA) is 30.5 Å². The Morgan fingerprint density at radius 2 is 2.19 bits per heavy atom. The van der Waals surface area contributed by atoms with Crippen molar-refractivity contribution in [1.29, 1.82) is 0 Å². The van der Waals surface area contributed by atoms with Crippen LogP contribution in [0, 0.1) is 0 Å². The highest BCUT2D eigenvalue weighted by atomic mass is 35.5. The van der Waals surface area contributed by atoms with Crippen LogP contribution in [0.25, 0.3) is 0 Å². The molecule has 1 unspecified atom stereocenters. The number of hydrogen-bond donors (Lipinski definition) is 1. The zero-order valence-electron chi connectivity index (χ0n) is 9.92. The third-order valence-electron chi connectivity index (χ3n) is 2.12. The molecule has 0 amide bonds. The van der Waals surface area contributed by atoms with Crippen molar-refractivity contribution in [1.82, 2.24) is 5.32 Å². The summed E-state index contributed by atoms with van der Waals surface area (Å²) in [6.45, 7) is 3.28. The fourth-order valence-corrected chi connectivity index (χ4v) is 1.67. The minimum Gasteiger partial charge on any atom is -0.488 e. The highest BCUT2D eigenvalue weighted by molar-refractivity contribution is 6.30. The highest BCUT2D eigenvalue weighted by Crippen LogP contribution is 2.23. The second-order valence-corrected chi connectivity index (χ2v) is 4.10. The maximum Gasteiger partial charge on any atom is 0.124 e. The monoisotopic (exact) mass is 243 g/mol. The second-order valence-electron chi connectivity index (χ2n) is 3.67. The summed E-state index contributed by atoms with van der Waals surface area (Å²) in [6, 6.07) is 5.63. The number of ether oxygens (including phenoxy) is 2. The molecule has 1 aromatic rings. The summed E-state index contributed by atoms with van der Waals surface area (Å²) >= 11 is 5.94. The molecule has 0 saturated carbocycles. The molecule has 3 nitrogen and oxygen atoms in total. The van der Waals surface area contributed by atoms with Gasteiger partial charge in [0.25, 0.3) is 0 Å². The molecule has 0 saturated heterocycles. The van der Waals surface area contributed by atoms with Crippen LogP contribution in [0.3, 0.4) is 0 Å². The van der Waals surface area contributed by atoms with Crippen LogP contribution in [0.2, 0.25) is 5.02 Å². The van der Waals surface area contributed by atoms with Gasteiger partial charge in [-0.15, -0.1) is 0 Å². The zero-order chi connectivity index (χ0) is 12.0. The Hall–Kier alpha value is -0.770. The van der Waals surface area contributed by atoms with E-state index in [1.165, 1.54) is 0 Å². The lowest BCUT2D eigenvalue weighted by Crippen LogP contribution is -2.19. The normalized spacial score (nSPS) is 12.5. The smallest absolute Gasteiger partial charge is 0.124 e. The number of benzene rings is 1. The lowest BCUT2D eigenvalue weighted by Gasteiger charge is -2.17. The number of methoxy groups -OCH3 is 1. The van der Waals surface area contributed by atoms with Crippen molar-refractivity contribution in [3.63, 3.8) is 0 Å². The van der Waals surface area contributed by atoms with E-state index in [9.17, 15) is 0 Å². The molecule has 0 aliphatic carbocycles. The fourth-order valence-electron chi connectivity index (χ4n) is 1.48. The highest BCUT2D eigenvalue weighted by Gasteiger charge is 2.08. The quantitative estimate of drug-likeness (QED) is 0.833. The predicted octanol–water partition coefficient (Wildman–Crippen LogP) is 2.47. The molecule has 1 aromatic carbocycles. The van der Waals surface area contributed by atoms with Gasteiger partial charge in [0.2, 0.25) is 0 Å². The van der Waals surface area contributed by atoms with Crippen LogP contribution in [0.4, 0.5) is 0 Å². The average molecular weight is 244 g/mol. The van der Waals surface area contributed by atoms with Crippen LogP contribution in [-0.2, 0) is 11.3 Å². The molecular weight excluding hydrogens is 226 g/mol. The van der Waals surface area contributed by atoms with Crippen LogP contribution in [0.5, 0.6) is 5.75 Å². The van der Waals surface area contributed by atoms with Crippen molar-refractivity contribution in [2.75, 3.05) is 20.8 Å². The van der Waals surface area contributed by atoms with Gasteiger partial charge in [-0.05, 0) is 32.2 Å². The van der Waals surface area contributed by atoms with Crippen molar-refractivity contribution in [3.8, 4) is 5.75 Å². The fraction of sp³-hybridized carbons (Fsp3) is 0.500. The van der Waals surface area contributed by atoms with Gasteiger partial charge in [-0.25, -0.2) is 0 Å². The van der Waals surface area contributed by atoms with Crippen molar-refractivity contribution in [2.24, 2.45) is 0 Å². The van der Waals surface area contributed by atoms with Crippen LogP contribution in [0.15, 0.2) is 18.2 Å². The van der Waals surface area contributed by atoms with Crippen LogP contribution in [0.1, 0.15) is 12.5 Å². The van der Waals surface area contributed by atoms with E-state index in [0.29, 0.717) is 6.61 Å². The largest absolute Gasteiger partial charge is 0.488 e. The van der Waals surface area contributed by atoms with E-state index in [4.69, 9.17) is 21.1 Å². The first kappa shape index (κ1) is 13.3. The first-order valence-electron chi connectivity index (χ1n) is 5.26. The van der Waals surface area contributed by atoms with Crippen molar-refractivity contribution >= 4 is 11.6 Å². The van der Waals surface area contributed by atoms with Gasteiger partial charge < -0.3 is 14.8 Å². The summed E-state index contributed by atoms with van der Waals surface area (Å²) < 4.78 is 10.8. The molecule has 0 radical (unpaired) electrons. The Balaban J connectivity index is 2.77. The minimum atomic E-state index is 0.0294. The van der Waals surface area contributed by atoms with E-state index < -0.39 is 0 Å². The molecule has 0 aliphatic rings. The molecule has 4 heteroatoms. The van der Waals surface area contributed by atoms with E-state index in [-0.39, 0.29) is 6.10 Å². The summed E-state index contributed by atoms with van der Waals surface area (Å²) in [4.78, 5) is 0. The van der Waals surface area contributed by atoms with Gasteiger partial charge in [-0.2, -0.15) is 0 Å². The Morgan fingerprint density at radius 3 is 2.81 bits per heavy atom. The van der Waals surface area contributed by atoms with Crippen molar-refractivity contribution in [2.45, 2.75) is 19.6 Å². The Morgan fingerprint density at radius 1 is 1.44 bits per heavy atom. The number of nitrogens with one attached hydrogen (secondary N) is 1. The average Bonchev–Trinajstić information content (AvgIpc) is 2.23. The molecular formula is C12H18ClNO2. The maximum atomic E-state index is 5.94. The van der Waals surface area contributed by atoms with Gasteiger partial charge in [-0.3, -0.25) is 0 Å². The zero-order valence-corrected chi connectivity index (χ0v) is 10.7. The molecule has 0 fully saturated rings. The molecule has 90 valence electrons.